The Balaban J connectivity index is 1.49. The molecule has 0 aliphatic heterocycles. The monoisotopic (exact) mass is 877 g/mol. The van der Waals surface area contributed by atoms with Crippen molar-refractivity contribution in [2.75, 3.05) is 79.9 Å². The molecular weight excluding hydrogens is 814 g/mol. The number of nitrogens with one attached hydrogen (secondary N) is 5. The second-order valence-corrected chi connectivity index (χ2v) is 14.5. The van der Waals surface area contributed by atoms with Gasteiger partial charge in [-0.05, 0) is 83.3 Å². The summed E-state index contributed by atoms with van der Waals surface area (Å²) in [5.74, 6) is -4.49. The van der Waals surface area contributed by atoms with Crippen molar-refractivity contribution < 1.29 is 63.1 Å². The summed E-state index contributed by atoms with van der Waals surface area (Å²) < 4.78 is 18.0. The number of carbonyl (C=O) groups is 7. The number of urea groups is 1. The van der Waals surface area contributed by atoms with Crippen LogP contribution < -0.4 is 26.6 Å². The van der Waals surface area contributed by atoms with Gasteiger partial charge >= 0.3 is 23.9 Å². The first-order chi connectivity index (χ1) is 29.7. The van der Waals surface area contributed by atoms with Gasteiger partial charge in [-0.2, -0.15) is 0 Å². The van der Waals surface area contributed by atoms with Crippen molar-refractivity contribution in [2.24, 2.45) is 0 Å². The van der Waals surface area contributed by atoms with Gasteiger partial charge in [-0.1, -0.05) is 18.1 Å². The lowest BCUT2D eigenvalue weighted by atomic mass is 10.1. The molecule has 22 heteroatoms. The molecule has 2 atom stereocenters. The number of aromatic nitrogens is 3. The number of hydrogen-bond donors (Lipinski definition) is 8. The van der Waals surface area contributed by atoms with E-state index >= 15 is 0 Å². The number of carboxylic acid groups (broad SMARTS) is 3. The lowest BCUT2D eigenvalue weighted by Crippen LogP contribution is -2.51. The Morgan fingerprint density at radius 3 is 1.76 bits per heavy atom. The van der Waals surface area contributed by atoms with Crippen molar-refractivity contribution in [1.82, 2.24) is 46.5 Å². The number of unbranched alkanes of at least 4 members (excludes halogenated alkanes) is 4. The Hall–Kier alpha value is -5.71. The number of nitrogens with zero attached hydrogens (tertiary/aromatic N) is 4. The quantitative estimate of drug-likeness (QED) is 0.0438. The molecule has 2 rings (SSSR count). The van der Waals surface area contributed by atoms with E-state index in [1.165, 1.54) is 0 Å². The van der Waals surface area contributed by atoms with Crippen LogP contribution in [0, 0.1) is 0 Å². The second-order valence-electron chi connectivity index (χ2n) is 14.5. The highest BCUT2D eigenvalue weighted by Crippen LogP contribution is 2.09. The number of likely N-dealkylation sites (N-methyl/N-ethyl adjacent to an activating group) is 1. The number of carboxylic acids is 3. The van der Waals surface area contributed by atoms with Gasteiger partial charge in [-0.25, -0.2) is 14.4 Å². The van der Waals surface area contributed by atoms with Crippen LogP contribution in [-0.2, 0) is 46.4 Å². The van der Waals surface area contributed by atoms with E-state index in [9.17, 15) is 43.8 Å². The molecule has 2 aromatic rings. The van der Waals surface area contributed by atoms with Gasteiger partial charge in [0.05, 0.1) is 51.9 Å². The second kappa shape index (κ2) is 31.2. The van der Waals surface area contributed by atoms with Crippen molar-refractivity contribution in [3.8, 4) is 0 Å². The Labute approximate surface area is 360 Å². The number of aryl methyl sites for hydroxylation is 2. The molecule has 22 nitrogen and oxygen atoms in total. The summed E-state index contributed by atoms with van der Waals surface area (Å²) in [4.78, 5) is 84.2. The fourth-order valence-corrected chi connectivity index (χ4v) is 5.67. The van der Waals surface area contributed by atoms with Gasteiger partial charge in [0.15, 0.2) is 0 Å². The molecule has 0 bridgehead atoms. The number of benzene rings is 1. The summed E-state index contributed by atoms with van der Waals surface area (Å²) in [5, 5.41) is 48.5. The summed E-state index contributed by atoms with van der Waals surface area (Å²) in [5.41, 5.74) is 1.70. The van der Waals surface area contributed by atoms with Gasteiger partial charge in [0, 0.05) is 49.9 Å². The highest BCUT2D eigenvalue weighted by molar-refractivity contribution is 5.97. The van der Waals surface area contributed by atoms with E-state index in [4.69, 9.17) is 19.3 Å². The van der Waals surface area contributed by atoms with Crippen LogP contribution in [0.2, 0.25) is 0 Å². The van der Waals surface area contributed by atoms with Crippen LogP contribution in [0.15, 0.2) is 30.5 Å². The molecule has 1 heterocycles. The minimum Gasteiger partial charge on any atom is -0.481 e. The van der Waals surface area contributed by atoms with Crippen molar-refractivity contribution in [3.05, 3.63) is 47.3 Å². The molecule has 1 aromatic carbocycles. The molecule has 346 valence electrons. The fraction of sp³-hybridized carbons (Fsp3) is 0.625. The van der Waals surface area contributed by atoms with Gasteiger partial charge in [-0.15, -0.1) is 5.10 Å². The molecule has 0 radical (unpaired) electrons. The zero-order valence-corrected chi connectivity index (χ0v) is 35.6. The number of hydrogen-bond acceptors (Lipinski definition) is 13. The maximum Gasteiger partial charge on any atom is 0.326 e. The zero-order valence-electron chi connectivity index (χ0n) is 35.6. The van der Waals surface area contributed by atoms with E-state index < -0.39 is 42.4 Å². The third-order valence-electron chi connectivity index (χ3n) is 8.93. The smallest absolute Gasteiger partial charge is 0.326 e. The molecular formula is C40H63N9O13. The molecule has 0 fully saturated rings. The van der Waals surface area contributed by atoms with Crippen LogP contribution in [0.4, 0.5) is 4.79 Å². The molecule has 0 spiro atoms. The first kappa shape index (κ1) is 52.4. The Kier molecular flexibility index (Phi) is 26.4. The average molecular weight is 878 g/mol. The van der Waals surface area contributed by atoms with Gasteiger partial charge in [0.2, 0.25) is 5.91 Å². The average Bonchev–Trinajstić information content (AvgIpc) is 3.68. The SMILES string of the molecule is CN(C)CC(=O)NCCOCCOCCOCCNC(=O)c1ccc(C(=O)NCCCCCCc2cn(CCCCC(NC(=O)N[C@@H](CCC(=O)O)C(=O)O)C(=O)O)nn2)cc1. The van der Waals surface area contributed by atoms with Crippen LogP contribution in [0.5, 0.6) is 0 Å². The minimum atomic E-state index is -1.47. The first-order valence-electron chi connectivity index (χ1n) is 20.7. The Morgan fingerprint density at radius 2 is 1.19 bits per heavy atom. The van der Waals surface area contributed by atoms with Crippen molar-refractivity contribution in [3.63, 3.8) is 0 Å². The summed E-state index contributed by atoms with van der Waals surface area (Å²) in [6.45, 7) is 4.35. The van der Waals surface area contributed by atoms with E-state index in [0.717, 1.165) is 37.8 Å². The lowest BCUT2D eigenvalue weighted by Gasteiger charge is -2.18. The number of carbonyl (C=O) groups excluding carboxylic acids is 4. The summed E-state index contributed by atoms with van der Waals surface area (Å²) in [6.07, 6.45) is 6.27. The molecule has 0 aliphatic rings. The molecule has 5 amide bonds. The molecule has 8 N–H and O–H groups in total. The van der Waals surface area contributed by atoms with Crippen LogP contribution in [-0.4, -0.2) is 169 Å². The van der Waals surface area contributed by atoms with E-state index in [0.29, 0.717) is 96.3 Å². The topological polar surface area (TPSA) is 302 Å². The zero-order chi connectivity index (χ0) is 45.5. The third-order valence-corrected chi connectivity index (χ3v) is 8.93. The van der Waals surface area contributed by atoms with Crippen molar-refractivity contribution >= 4 is 41.7 Å². The van der Waals surface area contributed by atoms with Crippen molar-refractivity contribution in [1.29, 1.82) is 0 Å². The molecule has 0 saturated heterocycles. The molecule has 62 heavy (non-hydrogen) atoms. The van der Waals surface area contributed by atoms with Gasteiger partial charge in [-0.3, -0.25) is 23.9 Å². The van der Waals surface area contributed by atoms with Gasteiger partial charge in [0.1, 0.15) is 12.1 Å². The van der Waals surface area contributed by atoms with Crippen LogP contribution in [0.1, 0.15) is 84.2 Å². The van der Waals surface area contributed by atoms with Crippen molar-refractivity contribution in [2.45, 2.75) is 82.8 Å². The van der Waals surface area contributed by atoms with E-state index in [2.05, 4.69) is 36.9 Å². The molecule has 1 aromatic heterocycles. The summed E-state index contributed by atoms with van der Waals surface area (Å²) >= 11 is 0. The summed E-state index contributed by atoms with van der Waals surface area (Å²) in [6, 6.07) is 2.66. The van der Waals surface area contributed by atoms with E-state index in [1.807, 2.05) is 20.3 Å². The Bertz CT molecular complexity index is 1670. The molecule has 1 unspecified atom stereocenters. The fourth-order valence-electron chi connectivity index (χ4n) is 5.67. The number of ether oxygens (including phenoxy) is 3. The first-order valence-corrected chi connectivity index (χ1v) is 20.7. The van der Waals surface area contributed by atoms with Crippen LogP contribution in [0.25, 0.3) is 0 Å². The van der Waals surface area contributed by atoms with E-state index in [1.54, 1.807) is 33.8 Å². The summed E-state index contributed by atoms with van der Waals surface area (Å²) in [7, 11) is 3.65. The van der Waals surface area contributed by atoms with Gasteiger partial charge < -0.3 is 61.0 Å². The number of rotatable bonds is 35. The predicted molar refractivity (Wildman–Crippen MR) is 223 cm³/mol. The van der Waals surface area contributed by atoms with Crippen LogP contribution >= 0.6 is 0 Å². The van der Waals surface area contributed by atoms with Crippen LogP contribution in [0.3, 0.4) is 0 Å². The highest BCUT2D eigenvalue weighted by Gasteiger charge is 2.25. The maximum absolute atomic E-state index is 12.6. The molecule has 0 saturated carbocycles. The Morgan fingerprint density at radius 1 is 0.661 bits per heavy atom. The number of aliphatic carboxylic acids is 3. The number of amides is 5. The minimum absolute atomic E-state index is 0.0535. The predicted octanol–water partition coefficient (Wildman–Crippen LogP) is 0.509. The highest BCUT2D eigenvalue weighted by atomic mass is 16.5. The lowest BCUT2D eigenvalue weighted by molar-refractivity contribution is -0.141. The standard InChI is InChI=1S/C40H63N9O13/c1-48(2)28-34(50)41-18-21-60-23-25-62-26-24-61-22-19-43-37(54)30-13-11-29(12-14-30)36(53)42-17-7-4-3-5-9-31-27-49(47-46-31)20-8-6-10-32(38(55)56)44-40(59)45-33(39(57)58)15-16-35(51)52/h11-14,27,32-33H,3-10,15-26,28H2,1-2H3,(H,41,50)(H,42,53)(H,43,54)(H,51,52)(H,55,56)(H,57,58)(H2,44,45,59)/t32?,33-/m0/s1. The maximum atomic E-state index is 12.6. The molecule has 0 aliphatic carbocycles. The largest absolute Gasteiger partial charge is 0.481 e. The van der Waals surface area contributed by atoms with Gasteiger partial charge in [0.25, 0.3) is 11.8 Å². The third kappa shape index (κ3) is 24.5. The van der Waals surface area contributed by atoms with E-state index in [-0.39, 0.29) is 30.6 Å². The normalized spacial score (nSPS) is 12.0.